The third-order valence-corrected chi connectivity index (χ3v) is 5.29. The highest BCUT2D eigenvalue weighted by molar-refractivity contribution is 6.01. The first-order valence-electron chi connectivity index (χ1n) is 10.2. The van der Waals surface area contributed by atoms with Gasteiger partial charge in [-0.1, -0.05) is 11.2 Å². The minimum Gasteiger partial charge on any atom is -0.480 e. The second-order valence-electron chi connectivity index (χ2n) is 7.31. The molecule has 2 N–H and O–H groups in total. The summed E-state index contributed by atoms with van der Waals surface area (Å²) in [4.78, 5) is 30.7. The van der Waals surface area contributed by atoms with Gasteiger partial charge in [0.25, 0.3) is 5.91 Å². The topological polar surface area (TPSA) is 136 Å². The lowest BCUT2D eigenvalue weighted by atomic mass is 9.93. The van der Waals surface area contributed by atoms with Crippen LogP contribution >= 0.6 is 0 Å². The van der Waals surface area contributed by atoms with Crippen molar-refractivity contribution in [3.63, 3.8) is 0 Å². The smallest absolute Gasteiger partial charge is 0.269 e. The molecule has 0 aromatic carbocycles. The van der Waals surface area contributed by atoms with E-state index in [2.05, 4.69) is 30.4 Å². The molecule has 0 aliphatic heterocycles. The number of methoxy groups -OCH3 is 1. The molecular weight excluding hydrogens is 436 g/mol. The molecule has 5 heterocycles. The molecule has 0 saturated heterocycles. The Balaban J connectivity index is 1.58. The summed E-state index contributed by atoms with van der Waals surface area (Å²) in [5.74, 6) is -0.659. The molecule has 0 fully saturated rings. The van der Waals surface area contributed by atoms with Crippen LogP contribution in [0.5, 0.6) is 5.88 Å². The number of ether oxygens (including phenoxy) is 1. The molecule has 0 saturated carbocycles. The van der Waals surface area contributed by atoms with Crippen molar-refractivity contribution >= 4 is 22.5 Å². The van der Waals surface area contributed by atoms with Crippen LogP contribution in [0.1, 0.15) is 11.4 Å². The molecule has 0 spiro atoms. The highest BCUT2D eigenvalue weighted by Gasteiger charge is 2.44. The minimum atomic E-state index is -2.22. The van der Waals surface area contributed by atoms with Crippen molar-refractivity contribution in [2.24, 2.45) is 0 Å². The molecule has 0 unspecified atom stereocenters. The Morgan fingerprint density at radius 3 is 2.68 bits per heavy atom. The Kier molecular flexibility index (Phi) is 5.40. The predicted octanol–water partition coefficient (Wildman–Crippen LogP) is 2.96. The number of hydrogen-bond donors (Lipinski definition) is 2. The molecule has 10 nitrogen and oxygen atoms in total. The van der Waals surface area contributed by atoms with Crippen molar-refractivity contribution in [1.29, 1.82) is 0 Å². The van der Waals surface area contributed by atoms with E-state index in [4.69, 9.17) is 9.26 Å². The monoisotopic (exact) mass is 454 g/mol. The first-order valence-corrected chi connectivity index (χ1v) is 10.2. The molecule has 34 heavy (non-hydrogen) atoms. The maximum absolute atomic E-state index is 13.5. The number of fused-ring (bicyclic) bond motifs is 1. The normalized spacial score (nSPS) is 12.8. The fourth-order valence-corrected chi connectivity index (χ4v) is 3.62. The number of nitrogens with one attached hydrogen (secondary N) is 1. The second kappa shape index (κ2) is 8.68. The molecule has 1 amide bonds. The van der Waals surface area contributed by atoms with Crippen LogP contribution in [-0.2, 0) is 10.4 Å². The lowest BCUT2D eigenvalue weighted by Gasteiger charge is -2.24. The highest BCUT2D eigenvalue weighted by Crippen LogP contribution is 2.34. The van der Waals surface area contributed by atoms with Gasteiger partial charge in [-0.25, -0.2) is 4.98 Å². The molecule has 5 aromatic rings. The van der Waals surface area contributed by atoms with E-state index in [1.165, 1.54) is 31.7 Å². The van der Waals surface area contributed by atoms with Crippen LogP contribution in [-0.4, -0.2) is 43.2 Å². The summed E-state index contributed by atoms with van der Waals surface area (Å²) in [5, 5.41) is 18.8. The standard InChI is InChI=1S/C24H18N6O4/c1-33-22-18(11-16(13-28-22)17-14-25-12-15-5-4-9-27-21(15)17)29-23(31)24(32,20-7-10-34-30-20)19-6-2-3-8-26-19/h2-14,32H,1H3,(H,29,31)/t24-/m0/s1. The molecule has 5 aromatic heterocycles. The molecule has 0 aliphatic rings. The largest absolute Gasteiger partial charge is 0.480 e. The van der Waals surface area contributed by atoms with Gasteiger partial charge >= 0.3 is 0 Å². The Labute approximate surface area is 193 Å². The van der Waals surface area contributed by atoms with E-state index in [0.29, 0.717) is 5.56 Å². The number of anilines is 1. The highest BCUT2D eigenvalue weighted by atomic mass is 16.5. The van der Waals surface area contributed by atoms with Crippen LogP contribution in [0, 0.1) is 0 Å². The van der Waals surface area contributed by atoms with Crippen molar-refractivity contribution in [2.45, 2.75) is 5.60 Å². The fourth-order valence-electron chi connectivity index (χ4n) is 3.62. The number of rotatable bonds is 6. The quantitative estimate of drug-likeness (QED) is 0.397. The zero-order valence-electron chi connectivity index (χ0n) is 17.9. The summed E-state index contributed by atoms with van der Waals surface area (Å²) in [6.45, 7) is 0. The minimum absolute atomic E-state index is 0.0192. The van der Waals surface area contributed by atoms with Crippen molar-refractivity contribution in [1.82, 2.24) is 25.1 Å². The van der Waals surface area contributed by atoms with Crippen molar-refractivity contribution in [3.05, 3.63) is 91.1 Å². The van der Waals surface area contributed by atoms with Gasteiger partial charge in [-0.2, -0.15) is 0 Å². The third kappa shape index (κ3) is 3.61. The van der Waals surface area contributed by atoms with Crippen molar-refractivity contribution in [3.8, 4) is 17.0 Å². The SMILES string of the molecule is COc1ncc(-c2cncc3cccnc23)cc1NC(=O)[C@](O)(c1ccccn1)c1ccon1. The van der Waals surface area contributed by atoms with Gasteiger partial charge in [0.1, 0.15) is 17.6 Å². The molecule has 1 atom stereocenters. The number of pyridine rings is 4. The van der Waals surface area contributed by atoms with E-state index in [0.717, 1.165) is 16.5 Å². The molecule has 5 rings (SSSR count). The number of aromatic nitrogens is 5. The van der Waals surface area contributed by atoms with Crippen LogP contribution in [0.2, 0.25) is 0 Å². The zero-order valence-corrected chi connectivity index (χ0v) is 17.9. The van der Waals surface area contributed by atoms with E-state index in [-0.39, 0.29) is 23.0 Å². The molecular formula is C24H18N6O4. The Hall–Kier alpha value is -4.70. The van der Waals surface area contributed by atoms with E-state index < -0.39 is 11.5 Å². The fraction of sp³-hybridized carbons (Fsp3) is 0.0833. The summed E-state index contributed by atoms with van der Waals surface area (Å²) >= 11 is 0. The van der Waals surface area contributed by atoms with E-state index in [9.17, 15) is 9.90 Å². The Morgan fingerprint density at radius 1 is 1.03 bits per heavy atom. The van der Waals surface area contributed by atoms with Gasteiger partial charge in [0.2, 0.25) is 11.5 Å². The summed E-state index contributed by atoms with van der Waals surface area (Å²) in [5.41, 5.74) is 0.167. The van der Waals surface area contributed by atoms with Gasteiger partial charge in [-0.15, -0.1) is 0 Å². The lowest BCUT2D eigenvalue weighted by Crippen LogP contribution is -2.42. The molecule has 0 aliphatic carbocycles. The third-order valence-electron chi connectivity index (χ3n) is 5.29. The number of carbonyl (C=O) groups is 1. The number of amides is 1. The Morgan fingerprint density at radius 2 is 1.91 bits per heavy atom. The van der Waals surface area contributed by atoms with Gasteiger partial charge in [0, 0.05) is 53.6 Å². The molecule has 10 heteroatoms. The molecule has 168 valence electrons. The summed E-state index contributed by atoms with van der Waals surface area (Å²) in [6, 6.07) is 11.7. The van der Waals surface area contributed by atoms with E-state index >= 15 is 0 Å². The second-order valence-corrected chi connectivity index (χ2v) is 7.31. The van der Waals surface area contributed by atoms with Crippen LogP contribution in [0.25, 0.3) is 22.0 Å². The van der Waals surface area contributed by atoms with Crippen LogP contribution in [0.15, 0.2) is 84.2 Å². The average molecular weight is 454 g/mol. The number of nitrogens with zero attached hydrogens (tertiary/aromatic N) is 5. The first-order chi connectivity index (χ1) is 16.6. The van der Waals surface area contributed by atoms with Crippen LogP contribution in [0.3, 0.4) is 0 Å². The first kappa shape index (κ1) is 21.2. The molecule has 0 radical (unpaired) electrons. The zero-order chi connectivity index (χ0) is 23.5. The van der Waals surface area contributed by atoms with Crippen LogP contribution < -0.4 is 10.1 Å². The van der Waals surface area contributed by atoms with Crippen molar-refractivity contribution < 1.29 is 19.2 Å². The number of aliphatic hydroxyl groups is 1. The van der Waals surface area contributed by atoms with Gasteiger partial charge in [0.15, 0.2) is 0 Å². The van der Waals surface area contributed by atoms with E-state index in [1.54, 1.807) is 43.0 Å². The van der Waals surface area contributed by atoms with Crippen molar-refractivity contribution in [2.75, 3.05) is 12.4 Å². The Bertz CT molecular complexity index is 1450. The summed E-state index contributed by atoms with van der Waals surface area (Å²) in [6.07, 6.45) is 9.41. The lowest BCUT2D eigenvalue weighted by molar-refractivity contribution is -0.131. The van der Waals surface area contributed by atoms with Crippen LogP contribution in [0.4, 0.5) is 5.69 Å². The van der Waals surface area contributed by atoms with Gasteiger partial charge in [0.05, 0.1) is 18.3 Å². The number of hydrogen-bond acceptors (Lipinski definition) is 9. The summed E-state index contributed by atoms with van der Waals surface area (Å²) in [7, 11) is 1.43. The summed E-state index contributed by atoms with van der Waals surface area (Å²) < 4.78 is 10.2. The van der Waals surface area contributed by atoms with Gasteiger partial charge in [-0.3, -0.25) is 19.7 Å². The van der Waals surface area contributed by atoms with Gasteiger partial charge < -0.3 is 19.7 Å². The predicted molar refractivity (Wildman–Crippen MR) is 122 cm³/mol. The van der Waals surface area contributed by atoms with Gasteiger partial charge in [-0.05, 0) is 30.3 Å². The average Bonchev–Trinajstić information content (AvgIpc) is 3.44. The maximum atomic E-state index is 13.5. The maximum Gasteiger partial charge on any atom is 0.269 e. The number of carbonyl (C=O) groups excluding carboxylic acids is 1. The van der Waals surface area contributed by atoms with E-state index in [1.807, 2.05) is 12.1 Å². The molecule has 0 bridgehead atoms.